The van der Waals surface area contributed by atoms with Crippen LogP contribution in [0.15, 0.2) is 53.4 Å². The Labute approximate surface area is 157 Å². The van der Waals surface area contributed by atoms with Crippen LogP contribution in [0.5, 0.6) is 5.75 Å². The molecule has 3 rings (SSSR count). The zero-order valence-corrected chi connectivity index (χ0v) is 15.5. The second-order valence-corrected chi connectivity index (χ2v) is 7.26. The normalized spacial score (nSPS) is 16.7. The number of phenolic OH excluding ortho intramolecular Hbond substituents is 1. The molecule has 1 aliphatic rings. The van der Waals surface area contributed by atoms with E-state index < -0.39 is 0 Å². The van der Waals surface area contributed by atoms with Crippen molar-refractivity contribution in [2.24, 2.45) is 5.92 Å². The van der Waals surface area contributed by atoms with E-state index in [2.05, 4.69) is 5.32 Å². The lowest BCUT2D eigenvalue weighted by Gasteiger charge is -2.16. The first-order valence-corrected chi connectivity index (χ1v) is 9.78. The van der Waals surface area contributed by atoms with Crippen molar-refractivity contribution in [2.75, 3.05) is 24.7 Å². The number of hydrogen-bond donors (Lipinski definition) is 2. The third kappa shape index (κ3) is 4.58. The maximum atomic E-state index is 12.5. The quantitative estimate of drug-likeness (QED) is 0.767. The van der Waals surface area contributed by atoms with E-state index in [4.69, 9.17) is 0 Å². The largest absolute Gasteiger partial charge is 0.508 e. The number of rotatable bonds is 6. The highest BCUT2D eigenvalue weighted by Crippen LogP contribution is 2.23. The molecule has 0 saturated carbocycles. The van der Waals surface area contributed by atoms with Gasteiger partial charge in [-0.25, -0.2) is 0 Å². The lowest BCUT2D eigenvalue weighted by Crippen LogP contribution is -2.30. The van der Waals surface area contributed by atoms with Crippen molar-refractivity contribution in [3.63, 3.8) is 0 Å². The summed E-state index contributed by atoms with van der Waals surface area (Å²) >= 11 is 1.62. The summed E-state index contributed by atoms with van der Waals surface area (Å²) in [5, 5.41) is 12.2. The number of likely N-dealkylation sites (tertiary alicyclic amines) is 1. The molecule has 1 fully saturated rings. The summed E-state index contributed by atoms with van der Waals surface area (Å²) in [5.41, 5.74) is 1.81. The fourth-order valence-electron chi connectivity index (χ4n) is 3.04. The third-order valence-corrected chi connectivity index (χ3v) is 5.25. The van der Waals surface area contributed by atoms with E-state index in [1.165, 1.54) is 0 Å². The van der Waals surface area contributed by atoms with E-state index in [-0.39, 0.29) is 29.9 Å². The van der Waals surface area contributed by atoms with Gasteiger partial charge in [0.05, 0.1) is 5.92 Å². The van der Waals surface area contributed by atoms with Gasteiger partial charge < -0.3 is 15.3 Å². The number of anilines is 1. The Balaban J connectivity index is 1.54. The minimum absolute atomic E-state index is 0.0155. The van der Waals surface area contributed by atoms with Crippen LogP contribution in [-0.2, 0) is 16.0 Å². The molecule has 0 radical (unpaired) electrons. The molecular formula is C20H22N2O3S. The number of carbonyl (C=O) groups excluding carboxylic acids is 2. The maximum absolute atomic E-state index is 12.5. The molecule has 5 nitrogen and oxygen atoms in total. The van der Waals surface area contributed by atoms with Crippen LogP contribution < -0.4 is 5.32 Å². The molecule has 1 heterocycles. The molecule has 2 N–H and O–H groups in total. The second kappa shape index (κ2) is 8.27. The molecule has 2 aromatic rings. The van der Waals surface area contributed by atoms with Gasteiger partial charge in [-0.05, 0) is 48.6 Å². The fourth-order valence-corrected chi connectivity index (χ4v) is 3.50. The van der Waals surface area contributed by atoms with Crippen LogP contribution in [-0.4, -0.2) is 41.2 Å². The molecule has 1 saturated heterocycles. The first kappa shape index (κ1) is 18.3. The minimum Gasteiger partial charge on any atom is -0.508 e. The molecule has 6 heteroatoms. The summed E-state index contributed by atoms with van der Waals surface area (Å²) in [4.78, 5) is 27.5. The number of nitrogens with zero attached hydrogens (tertiary/aromatic N) is 1. The van der Waals surface area contributed by atoms with Gasteiger partial charge >= 0.3 is 0 Å². The molecule has 0 bridgehead atoms. The molecule has 0 aliphatic carbocycles. The zero-order chi connectivity index (χ0) is 18.5. The summed E-state index contributed by atoms with van der Waals surface area (Å²) in [7, 11) is 0. The number of aromatic hydroxyl groups is 1. The molecule has 1 unspecified atom stereocenters. The van der Waals surface area contributed by atoms with Crippen molar-refractivity contribution in [1.82, 2.24) is 4.90 Å². The monoisotopic (exact) mass is 370 g/mol. The van der Waals surface area contributed by atoms with E-state index in [0.29, 0.717) is 19.5 Å². The summed E-state index contributed by atoms with van der Waals surface area (Å²) in [5.74, 6) is -0.181. The van der Waals surface area contributed by atoms with Crippen molar-refractivity contribution in [2.45, 2.75) is 17.7 Å². The molecule has 0 spiro atoms. The molecule has 136 valence electrons. The predicted molar refractivity (Wildman–Crippen MR) is 103 cm³/mol. The highest BCUT2D eigenvalue weighted by Gasteiger charge is 2.34. The number of benzene rings is 2. The molecule has 2 amide bonds. The summed E-state index contributed by atoms with van der Waals surface area (Å²) in [6.07, 6.45) is 2.95. The number of carbonyl (C=O) groups is 2. The van der Waals surface area contributed by atoms with Crippen LogP contribution in [0, 0.1) is 5.92 Å². The first-order chi connectivity index (χ1) is 12.5. The molecule has 1 aliphatic heterocycles. The van der Waals surface area contributed by atoms with Crippen LogP contribution in [0.25, 0.3) is 0 Å². The summed E-state index contributed by atoms with van der Waals surface area (Å²) < 4.78 is 0. The van der Waals surface area contributed by atoms with Gasteiger partial charge in [0.25, 0.3) is 0 Å². The van der Waals surface area contributed by atoms with E-state index in [1.807, 2.05) is 42.7 Å². The van der Waals surface area contributed by atoms with Crippen LogP contribution in [0.4, 0.5) is 5.69 Å². The topological polar surface area (TPSA) is 69.6 Å². The average molecular weight is 370 g/mol. The highest BCUT2D eigenvalue weighted by atomic mass is 32.2. The summed E-state index contributed by atoms with van der Waals surface area (Å²) in [6.45, 7) is 1.03. The zero-order valence-electron chi connectivity index (χ0n) is 14.6. The lowest BCUT2D eigenvalue weighted by atomic mass is 10.1. The van der Waals surface area contributed by atoms with Crippen molar-refractivity contribution in [3.8, 4) is 5.75 Å². The van der Waals surface area contributed by atoms with Crippen molar-refractivity contribution < 1.29 is 14.7 Å². The number of phenols is 1. The smallest absolute Gasteiger partial charge is 0.229 e. The Morgan fingerprint density at radius 2 is 2.04 bits per heavy atom. The SMILES string of the molecule is CSc1cccc(NC(=O)C2CC(=O)N(CCc3ccc(O)cc3)C2)c1. The van der Waals surface area contributed by atoms with Gasteiger partial charge in [-0.3, -0.25) is 9.59 Å². The van der Waals surface area contributed by atoms with Crippen molar-refractivity contribution >= 4 is 29.3 Å². The van der Waals surface area contributed by atoms with Gasteiger partial charge in [-0.2, -0.15) is 0 Å². The van der Waals surface area contributed by atoms with Gasteiger partial charge in [-0.1, -0.05) is 18.2 Å². The van der Waals surface area contributed by atoms with E-state index >= 15 is 0 Å². The predicted octanol–water partition coefficient (Wildman–Crippen LogP) is 3.14. The standard InChI is InChI=1S/C20H22N2O3S/c1-26-18-4-2-3-16(12-18)21-20(25)15-11-19(24)22(13-15)10-9-14-5-7-17(23)8-6-14/h2-8,12,15,23H,9-11,13H2,1H3,(H,21,25). The number of thioether (sulfide) groups is 1. The van der Waals surface area contributed by atoms with E-state index in [1.54, 1.807) is 28.8 Å². The number of nitrogens with one attached hydrogen (secondary N) is 1. The molecule has 1 atom stereocenters. The second-order valence-electron chi connectivity index (χ2n) is 6.38. The van der Waals surface area contributed by atoms with Gasteiger partial charge in [0, 0.05) is 30.1 Å². The van der Waals surface area contributed by atoms with Crippen LogP contribution in [0.2, 0.25) is 0 Å². The van der Waals surface area contributed by atoms with Crippen molar-refractivity contribution in [3.05, 3.63) is 54.1 Å². The third-order valence-electron chi connectivity index (χ3n) is 4.53. The molecule has 2 aromatic carbocycles. The van der Waals surface area contributed by atoms with Gasteiger partial charge in [0.2, 0.25) is 11.8 Å². The van der Waals surface area contributed by atoms with E-state index in [0.717, 1.165) is 16.1 Å². The maximum Gasteiger partial charge on any atom is 0.229 e. The number of amides is 2. The van der Waals surface area contributed by atoms with Gasteiger partial charge in [0.15, 0.2) is 0 Å². The Bertz CT molecular complexity index is 792. The first-order valence-electron chi connectivity index (χ1n) is 8.56. The highest BCUT2D eigenvalue weighted by molar-refractivity contribution is 7.98. The van der Waals surface area contributed by atoms with Crippen LogP contribution >= 0.6 is 11.8 Å². The Hall–Kier alpha value is -2.47. The Morgan fingerprint density at radius 3 is 2.77 bits per heavy atom. The molecular weight excluding hydrogens is 348 g/mol. The fraction of sp³-hybridized carbons (Fsp3) is 0.300. The van der Waals surface area contributed by atoms with Crippen LogP contribution in [0.1, 0.15) is 12.0 Å². The Morgan fingerprint density at radius 1 is 1.27 bits per heavy atom. The van der Waals surface area contributed by atoms with Gasteiger partial charge in [0.1, 0.15) is 5.75 Å². The Kier molecular flexibility index (Phi) is 5.83. The van der Waals surface area contributed by atoms with Crippen molar-refractivity contribution in [1.29, 1.82) is 0 Å². The van der Waals surface area contributed by atoms with Crippen LogP contribution in [0.3, 0.4) is 0 Å². The summed E-state index contributed by atoms with van der Waals surface area (Å²) in [6, 6.07) is 14.7. The van der Waals surface area contributed by atoms with E-state index in [9.17, 15) is 14.7 Å². The number of hydrogen-bond acceptors (Lipinski definition) is 4. The molecule has 0 aromatic heterocycles. The average Bonchev–Trinajstić information content (AvgIpc) is 3.02. The lowest BCUT2D eigenvalue weighted by molar-refractivity contribution is -0.128. The minimum atomic E-state index is -0.319. The molecule has 26 heavy (non-hydrogen) atoms. The van der Waals surface area contributed by atoms with Gasteiger partial charge in [-0.15, -0.1) is 11.8 Å².